The van der Waals surface area contributed by atoms with Gasteiger partial charge in [-0.05, 0) is 43.3 Å². The van der Waals surface area contributed by atoms with E-state index in [1.165, 1.54) is 37.3 Å². The number of nitrogens with one attached hydrogen (secondary N) is 2. The van der Waals surface area contributed by atoms with Crippen LogP contribution in [0.15, 0.2) is 45.8 Å². The fraction of sp³-hybridized carbons (Fsp3) is 0.133. The number of benzene rings is 2. The number of hydrogen-bond acceptors (Lipinski definition) is 3. The van der Waals surface area contributed by atoms with Crippen LogP contribution in [-0.4, -0.2) is 20.4 Å². The fourth-order valence-electron chi connectivity index (χ4n) is 1.86. The molecule has 0 aliphatic carbocycles. The van der Waals surface area contributed by atoms with Crippen LogP contribution in [0.25, 0.3) is 0 Å². The minimum Gasteiger partial charge on any atom is -0.322 e. The third-order valence-corrected chi connectivity index (χ3v) is 5.85. The van der Waals surface area contributed by atoms with Crippen molar-refractivity contribution in [2.75, 3.05) is 5.32 Å². The van der Waals surface area contributed by atoms with Gasteiger partial charge in [-0.1, -0.05) is 39.1 Å². The van der Waals surface area contributed by atoms with Crippen molar-refractivity contribution in [2.24, 2.45) is 0 Å². The number of halogens is 4. The molecule has 25 heavy (non-hydrogen) atoms. The van der Waals surface area contributed by atoms with Crippen molar-refractivity contribution in [3.8, 4) is 0 Å². The summed E-state index contributed by atoms with van der Waals surface area (Å²) in [6.07, 6.45) is 0. The summed E-state index contributed by atoms with van der Waals surface area (Å²) in [5.74, 6) is -1.39. The van der Waals surface area contributed by atoms with Crippen LogP contribution in [0.1, 0.15) is 6.92 Å². The standard InChI is InChI=1S/C15H12BrCl2FN2O3S/c1-8(15(22)20-13-5-2-9(16)6-12(13)19)21-25(23,24)14-7-10(17)3-4-11(14)18/h2-8,21H,1H3,(H,20,22)/t8-/m1/s1. The maximum atomic E-state index is 13.8. The zero-order valence-corrected chi connectivity index (χ0v) is 16.6. The molecule has 0 aromatic heterocycles. The van der Waals surface area contributed by atoms with E-state index < -0.39 is 27.8 Å². The number of hydrogen-bond donors (Lipinski definition) is 2. The highest BCUT2D eigenvalue weighted by Crippen LogP contribution is 2.25. The molecule has 134 valence electrons. The Morgan fingerprint density at radius 2 is 1.88 bits per heavy atom. The van der Waals surface area contributed by atoms with Gasteiger partial charge in [-0.3, -0.25) is 4.79 Å². The average Bonchev–Trinajstić information content (AvgIpc) is 2.51. The monoisotopic (exact) mass is 468 g/mol. The summed E-state index contributed by atoms with van der Waals surface area (Å²) in [5.41, 5.74) is -0.0694. The lowest BCUT2D eigenvalue weighted by Crippen LogP contribution is -2.41. The molecule has 0 heterocycles. The quantitative estimate of drug-likeness (QED) is 0.688. The minimum atomic E-state index is -4.10. The van der Waals surface area contributed by atoms with E-state index >= 15 is 0 Å². The first-order valence-corrected chi connectivity index (χ1v) is 9.86. The van der Waals surface area contributed by atoms with E-state index in [-0.39, 0.29) is 20.6 Å². The maximum Gasteiger partial charge on any atom is 0.242 e. The molecule has 1 atom stereocenters. The van der Waals surface area contributed by atoms with Gasteiger partial charge in [-0.15, -0.1) is 0 Å². The summed E-state index contributed by atoms with van der Waals surface area (Å²) >= 11 is 14.8. The first-order valence-electron chi connectivity index (χ1n) is 6.83. The van der Waals surface area contributed by atoms with Crippen LogP contribution >= 0.6 is 39.1 Å². The molecule has 0 saturated heterocycles. The van der Waals surface area contributed by atoms with E-state index in [1.54, 1.807) is 6.07 Å². The van der Waals surface area contributed by atoms with Gasteiger partial charge in [-0.2, -0.15) is 4.72 Å². The van der Waals surface area contributed by atoms with Crippen molar-refractivity contribution < 1.29 is 17.6 Å². The summed E-state index contributed by atoms with van der Waals surface area (Å²) < 4.78 is 41.2. The van der Waals surface area contributed by atoms with E-state index in [2.05, 4.69) is 26.0 Å². The molecule has 2 N–H and O–H groups in total. The Morgan fingerprint density at radius 1 is 1.20 bits per heavy atom. The predicted octanol–water partition coefficient (Wildman–Crippen LogP) is 4.20. The maximum absolute atomic E-state index is 13.8. The SMILES string of the molecule is C[C@@H](NS(=O)(=O)c1cc(Cl)ccc1Cl)C(=O)Nc1ccc(Br)cc1F. The normalized spacial score (nSPS) is 12.7. The first-order chi connectivity index (χ1) is 11.6. The molecule has 0 saturated carbocycles. The lowest BCUT2D eigenvalue weighted by Gasteiger charge is -2.15. The Labute approximate surface area is 162 Å². The van der Waals surface area contributed by atoms with Gasteiger partial charge >= 0.3 is 0 Å². The van der Waals surface area contributed by atoms with E-state index in [0.717, 1.165) is 0 Å². The Balaban J connectivity index is 2.16. The summed E-state index contributed by atoms with van der Waals surface area (Å²) in [6.45, 7) is 1.32. The highest BCUT2D eigenvalue weighted by molar-refractivity contribution is 9.10. The van der Waals surface area contributed by atoms with Crippen LogP contribution < -0.4 is 10.0 Å². The van der Waals surface area contributed by atoms with Crippen molar-refractivity contribution in [2.45, 2.75) is 17.9 Å². The van der Waals surface area contributed by atoms with Crippen LogP contribution in [-0.2, 0) is 14.8 Å². The average molecular weight is 470 g/mol. The number of amides is 1. The molecule has 5 nitrogen and oxygen atoms in total. The fourth-order valence-corrected chi connectivity index (χ4v) is 4.16. The molecule has 2 aromatic rings. The van der Waals surface area contributed by atoms with Crippen molar-refractivity contribution in [1.29, 1.82) is 0 Å². The van der Waals surface area contributed by atoms with Crippen LogP contribution in [0.2, 0.25) is 10.0 Å². The van der Waals surface area contributed by atoms with Gasteiger partial charge in [-0.25, -0.2) is 12.8 Å². The van der Waals surface area contributed by atoms with Gasteiger partial charge in [0.15, 0.2) is 0 Å². The number of rotatable bonds is 5. The molecule has 0 fully saturated rings. The van der Waals surface area contributed by atoms with Gasteiger partial charge in [0.05, 0.1) is 16.8 Å². The van der Waals surface area contributed by atoms with E-state index in [4.69, 9.17) is 23.2 Å². The number of carbonyl (C=O) groups excluding carboxylic acids is 1. The van der Waals surface area contributed by atoms with Crippen LogP contribution in [0.4, 0.5) is 10.1 Å². The number of carbonyl (C=O) groups is 1. The van der Waals surface area contributed by atoms with E-state index in [9.17, 15) is 17.6 Å². The zero-order valence-electron chi connectivity index (χ0n) is 12.7. The van der Waals surface area contributed by atoms with Crippen molar-refractivity contribution in [3.05, 3.63) is 56.7 Å². The molecule has 0 bridgehead atoms. The van der Waals surface area contributed by atoms with Crippen LogP contribution in [0, 0.1) is 5.82 Å². The smallest absolute Gasteiger partial charge is 0.242 e. The lowest BCUT2D eigenvalue weighted by atomic mass is 10.2. The van der Waals surface area contributed by atoms with E-state index in [0.29, 0.717) is 4.47 Å². The van der Waals surface area contributed by atoms with Crippen molar-refractivity contribution >= 4 is 60.7 Å². The summed E-state index contributed by atoms with van der Waals surface area (Å²) in [4.78, 5) is 11.9. The number of sulfonamides is 1. The molecule has 1 amide bonds. The second kappa shape index (κ2) is 8.01. The molecule has 0 radical (unpaired) electrons. The highest BCUT2D eigenvalue weighted by atomic mass is 79.9. The molecule has 2 aromatic carbocycles. The van der Waals surface area contributed by atoms with Gasteiger partial charge in [0.1, 0.15) is 10.7 Å². The third-order valence-electron chi connectivity index (χ3n) is 3.10. The second-order valence-corrected chi connectivity index (χ2v) is 8.47. The molecule has 0 aliphatic heterocycles. The van der Waals surface area contributed by atoms with Crippen molar-refractivity contribution in [1.82, 2.24) is 4.72 Å². The Kier molecular flexibility index (Phi) is 6.45. The molecule has 0 spiro atoms. The summed E-state index contributed by atoms with van der Waals surface area (Å²) in [7, 11) is -4.10. The van der Waals surface area contributed by atoms with Gasteiger partial charge in [0, 0.05) is 9.50 Å². The molecule has 10 heteroatoms. The topological polar surface area (TPSA) is 75.3 Å². The lowest BCUT2D eigenvalue weighted by molar-refractivity contribution is -0.117. The molecule has 0 aliphatic rings. The minimum absolute atomic E-state index is 0.0385. The molecule has 2 rings (SSSR count). The second-order valence-electron chi connectivity index (χ2n) is 5.03. The summed E-state index contributed by atoms with van der Waals surface area (Å²) in [5, 5.41) is 2.46. The van der Waals surface area contributed by atoms with Gasteiger partial charge in [0.2, 0.25) is 15.9 Å². The Bertz CT molecular complexity index is 925. The molecular weight excluding hydrogens is 458 g/mol. The Hall–Kier alpha value is -1.19. The highest BCUT2D eigenvalue weighted by Gasteiger charge is 2.25. The van der Waals surface area contributed by atoms with Gasteiger partial charge in [0.25, 0.3) is 0 Å². The molecule has 0 unspecified atom stereocenters. The van der Waals surface area contributed by atoms with Crippen molar-refractivity contribution in [3.63, 3.8) is 0 Å². The Morgan fingerprint density at radius 3 is 2.52 bits per heavy atom. The number of anilines is 1. The zero-order chi connectivity index (χ0) is 18.8. The first kappa shape index (κ1) is 20.1. The van der Waals surface area contributed by atoms with Gasteiger partial charge < -0.3 is 5.32 Å². The third kappa shape index (κ3) is 5.15. The van der Waals surface area contributed by atoms with Crippen LogP contribution in [0.3, 0.4) is 0 Å². The van der Waals surface area contributed by atoms with E-state index in [1.807, 2.05) is 0 Å². The molecular formula is C15H12BrCl2FN2O3S. The van der Waals surface area contributed by atoms with Crippen LogP contribution in [0.5, 0.6) is 0 Å². The largest absolute Gasteiger partial charge is 0.322 e. The predicted molar refractivity (Wildman–Crippen MR) is 99.0 cm³/mol. The summed E-state index contributed by atoms with van der Waals surface area (Å²) in [6, 6.07) is 6.84.